The lowest BCUT2D eigenvalue weighted by atomic mass is 10.1. The Morgan fingerprint density at radius 1 is 1.21 bits per heavy atom. The second-order valence-corrected chi connectivity index (χ2v) is 3.38. The van der Waals surface area contributed by atoms with Crippen molar-refractivity contribution in [3.8, 4) is 17.2 Å². The fourth-order valence-electron chi connectivity index (χ4n) is 1.63. The van der Waals surface area contributed by atoms with E-state index in [1.807, 2.05) is 0 Å². The average molecular weight is 270 g/mol. The van der Waals surface area contributed by atoms with Gasteiger partial charge in [-0.25, -0.2) is 0 Å². The van der Waals surface area contributed by atoms with Gasteiger partial charge in [-0.3, -0.25) is 14.9 Å². The zero-order valence-corrected chi connectivity index (χ0v) is 11.0. The van der Waals surface area contributed by atoms with Crippen LogP contribution in [0.15, 0.2) is 6.07 Å². The summed E-state index contributed by atoms with van der Waals surface area (Å²) >= 11 is 0. The molecule has 1 aromatic carbocycles. The molecule has 19 heavy (non-hydrogen) atoms. The van der Waals surface area contributed by atoms with Crippen LogP contribution in [0, 0.1) is 10.1 Å². The van der Waals surface area contributed by atoms with Crippen molar-refractivity contribution in [2.24, 2.45) is 0 Å². The number of ether oxygens (including phenoxy) is 3. The monoisotopic (exact) mass is 270 g/mol. The van der Waals surface area contributed by atoms with Crippen LogP contribution < -0.4 is 19.5 Å². The quantitative estimate of drug-likeness (QED) is 0.632. The minimum atomic E-state index is -0.703. The molecule has 0 spiro atoms. The Morgan fingerprint density at radius 2 is 1.79 bits per heavy atom. The molecule has 8 heteroatoms. The van der Waals surface area contributed by atoms with Crippen LogP contribution in [0.1, 0.15) is 10.4 Å². The number of nitrogens with zero attached hydrogens (tertiary/aromatic N) is 1. The SMILES string of the molecule is CNC(=O)c1cc(OC)c(OC)c(OC)c1[N+](=O)[O-]. The van der Waals surface area contributed by atoms with E-state index in [2.05, 4.69) is 5.32 Å². The number of hydrogen-bond donors (Lipinski definition) is 1. The molecule has 1 amide bonds. The number of rotatable bonds is 5. The minimum Gasteiger partial charge on any atom is -0.493 e. The number of carbonyl (C=O) groups excluding carboxylic acids is 1. The molecular formula is C11H14N2O6. The highest BCUT2D eigenvalue weighted by Crippen LogP contribution is 2.46. The van der Waals surface area contributed by atoms with Crippen molar-refractivity contribution in [1.29, 1.82) is 0 Å². The first kappa shape index (κ1) is 14.6. The average Bonchev–Trinajstić information content (AvgIpc) is 2.43. The zero-order chi connectivity index (χ0) is 14.6. The molecule has 0 saturated carbocycles. The van der Waals surface area contributed by atoms with Crippen molar-refractivity contribution in [3.63, 3.8) is 0 Å². The van der Waals surface area contributed by atoms with Gasteiger partial charge in [-0.1, -0.05) is 0 Å². The van der Waals surface area contributed by atoms with Crippen molar-refractivity contribution in [2.75, 3.05) is 28.4 Å². The second-order valence-electron chi connectivity index (χ2n) is 3.38. The Labute approximate surface area is 109 Å². The third kappa shape index (κ3) is 2.51. The minimum absolute atomic E-state index is 0.0596. The Kier molecular flexibility index (Phi) is 4.51. The van der Waals surface area contributed by atoms with Crippen molar-refractivity contribution >= 4 is 11.6 Å². The number of nitrogens with one attached hydrogen (secondary N) is 1. The number of methoxy groups -OCH3 is 3. The number of carbonyl (C=O) groups is 1. The highest BCUT2D eigenvalue weighted by molar-refractivity contribution is 6.00. The molecule has 1 N–H and O–H groups in total. The van der Waals surface area contributed by atoms with E-state index in [-0.39, 0.29) is 22.8 Å². The predicted octanol–water partition coefficient (Wildman–Crippen LogP) is 0.980. The molecule has 1 rings (SSSR count). The van der Waals surface area contributed by atoms with E-state index >= 15 is 0 Å². The number of nitro benzene ring substituents is 1. The molecule has 0 saturated heterocycles. The predicted molar refractivity (Wildman–Crippen MR) is 66.1 cm³/mol. The van der Waals surface area contributed by atoms with Crippen LogP contribution in [0.25, 0.3) is 0 Å². The standard InChI is InChI=1S/C11H14N2O6/c1-12-11(14)6-5-7(17-2)9(18-3)10(19-4)8(6)13(15)16/h5H,1-4H3,(H,12,14). The van der Waals surface area contributed by atoms with Gasteiger partial charge in [0.15, 0.2) is 5.75 Å². The van der Waals surface area contributed by atoms with Gasteiger partial charge < -0.3 is 19.5 Å². The molecule has 0 bridgehead atoms. The second kappa shape index (κ2) is 5.89. The molecule has 0 atom stereocenters. The van der Waals surface area contributed by atoms with Crippen LogP contribution in [-0.4, -0.2) is 39.2 Å². The number of amides is 1. The summed E-state index contributed by atoms with van der Waals surface area (Å²) in [6, 6.07) is 1.23. The van der Waals surface area contributed by atoms with Crippen LogP contribution in [0.3, 0.4) is 0 Å². The van der Waals surface area contributed by atoms with Gasteiger partial charge in [0.1, 0.15) is 5.56 Å². The van der Waals surface area contributed by atoms with Gasteiger partial charge in [0, 0.05) is 13.1 Å². The third-order valence-corrected chi connectivity index (χ3v) is 2.46. The summed E-state index contributed by atoms with van der Waals surface area (Å²) in [5.74, 6) is -0.552. The first-order valence-corrected chi connectivity index (χ1v) is 5.21. The number of benzene rings is 1. The van der Waals surface area contributed by atoms with E-state index in [4.69, 9.17) is 14.2 Å². The molecule has 0 aromatic heterocycles. The highest BCUT2D eigenvalue weighted by Gasteiger charge is 2.31. The van der Waals surface area contributed by atoms with Crippen LogP contribution in [-0.2, 0) is 0 Å². The largest absolute Gasteiger partial charge is 0.493 e. The first-order chi connectivity index (χ1) is 9.01. The zero-order valence-electron chi connectivity index (χ0n) is 11.0. The molecule has 104 valence electrons. The van der Waals surface area contributed by atoms with Crippen molar-refractivity contribution in [2.45, 2.75) is 0 Å². The summed E-state index contributed by atoms with van der Waals surface area (Å²) in [7, 11) is 5.30. The van der Waals surface area contributed by atoms with E-state index in [0.717, 1.165) is 0 Å². The molecule has 0 aliphatic heterocycles. The molecule has 8 nitrogen and oxygen atoms in total. The molecule has 0 unspecified atom stereocenters. The van der Waals surface area contributed by atoms with Crippen LogP contribution in [0.2, 0.25) is 0 Å². The maximum absolute atomic E-state index is 11.7. The Bertz CT molecular complexity index is 514. The fourth-order valence-corrected chi connectivity index (χ4v) is 1.63. The molecule has 0 fully saturated rings. The maximum Gasteiger partial charge on any atom is 0.327 e. The smallest absolute Gasteiger partial charge is 0.327 e. The van der Waals surface area contributed by atoms with Crippen LogP contribution in [0.5, 0.6) is 17.2 Å². The number of hydrogen-bond acceptors (Lipinski definition) is 6. The van der Waals surface area contributed by atoms with E-state index < -0.39 is 16.5 Å². The lowest BCUT2D eigenvalue weighted by molar-refractivity contribution is -0.386. The highest BCUT2D eigenvalue weighted by atomic mass is 16.6. The first-order valence-electron chi connectivity index (χ1n) is 5.21. The van der Waals surface area contributed by atoms with Crippen LogP contribution in [0.4, 0.5) is 5.69 Å². The van der Waals surface area contributed by atoms with Gasteiger partial charge in [0.05, 0.1) is 26.3 Å². The molecule has 0 aliphatic rings. The molecule has 0 heterocycles. The van der Waals surface area contributed by atoms with Crippen LogP contribution >= 0.6 is 0 Å². The Balaban J connectivity index is 3.72. The van der Waals surface area contributed by atoms with Crippen molar-refractivity contribution in [3.05, 3.63) is 21.7 Å². The summed E-state index contributed by atoms with van der Waals surface area (Å²) in [5, 5.41) is 13.5. The lowest BCUT2D eigenvalue weighted by Crippen LogP contribution is -2.20. The lowest BCUT2D eigenvalue weighted by Gasteiger charge is -2.14. The fraction of sp³-hybridized carbons (Fsp3) is 0.364. The summed E-state index contributed by atoms with van der Waals surface area (Å²) in [4.78, 5) is 22.1. The van der Waals surface area contributed by atoms with Crippen molar-refractivity contribution < 1.29 is 23.9 Å². The van der Waals surface area contributed by atoms with Gasteiger partial charge in [0.25, 0.3) is 5.91 Å². The van der Waals surface area contributed by atoms with E-state index in [1.165, 1.54) is 34.4 Å². The van der Waals surface area contributed by atoms with Crippen molar-refractivity contribution in [1.82, 2.24) is 5.32 Å². The molecular weight excluding hydrogens is 256 g/mol. The van der Waals surface area contributed by atoms with Gasteiger partial charge in [-0.15, -0.1) is 0 Å². The van der Waals surface area contributed by atoms with E-state index in [0.29, 0.717) is 0 Å². The summed E-state index contributed by atoms with van der Waals surface area (Å²) < 4.78 is 15.1. The molecule has 1 aromatic rings. The van der Waals surface area contributed by atoms with E-state index in [1.54, 1.807) is 0 Å². The summed E-state index contributed by atoms with van der Waals surface area (Å²) in [6.07, 6.45) is 0. The van der Waals surface area contributed by atoms with Gasteiger partial charge in [-0.05, 0) is 0 Å². The van der Waals surface area contributed by atoms with Gasteiger partial charge >= 0.3 is 5.69 Å². The maximum atomic E-state index is 11.7. The van der Waals surface area contributed by atoms with E-state index in [9.17, 15) is 14.9 Å². The van der Waals surface area contributed by atoms with Gasteiger partial charge in [0.2, 0.25) is 11.5 Å². The number of nitro groups is 1. The Morgan fingerprint density at radius 3 is 2.16 bits per heavy atom. The normalized spacial score (nSPS) is 9.68. The molecule has 0 aliphatic carbocycles. The summed E-state index contributed by atoms with van der Waals surface area (Å²) in [6.45, 7) is 0. The molecule has 0 radical (unpaired) electrons. The third-order valence-electron chi connectivity index (χ3n) is 2.46. The topological polar surface area (TPSA) is 99.9 Å². The Hall–Kier alpha value is -2.51. The summed E-state index contributed by atoms with van der Waals surface area (Å²) in [5.41, 5.74) is -0.637. The van der Waals surface area contributed by atoms with Gasteiger partial charge in [-0.2, -0.15) is 0 Å².